The molecule has 2 heterocycles. The molecule has 0 saturated carbocycles. The predicted octanol–water partition coefficient (Wildman–Crippen LogP) is 5.15. The van der Waals surface area contributed by atoms with Crippen LogP contribution in [-0.4, -0.2) is 61.3 Å². The number of halogens is 2. The lowest BCUT2D eigenvalue weighted by molar-refractivity contribution is -0.122. The van der Waals surface area contributed by atoms with Gasteiger partial charge in [0, 0.05) is 43.0 Å². The monoisotopic (exact) mass is 592 g/mol. The molecule has 0 saturated heterocycles. The molecule has 218 valence electrons. The van der Waals surface area contributed by atoms with Crippen molar-refractivity contribution in [1.29, 1.82) is 0 Å². The van der Waals surface area contributed by atoms with Gasteiger partial charge in [-0.2, -0.15) is 5.10 Å². The van der Waals surface area contributed by atoms with Crippen LogP contribution in [0.2, 0.25) is 0 Å². The van der Waals surface area contributed by atoms with Crippen LogP contribution in [0.1, 0.15) is 22.8 Å². The normalized spacial score (nSPS) is 14.8. The van der Waals surface area contributed by atoms with E-state index < -0.39 is 16.9 Å². The van der Waals surface area contributed by atoms with Gasteiger partial charge in [0.15, 0.2) is 0 Å². The number of aromatic nitrogens is 2. The first-order valence-corrected chi connectivity index (χ1v) is 14.4. The van der Waals surface area contributed by atoms with Crippen molar-refractivity contribution < 1.29 is 27.8 Å². The summed E-state index contributed by atoms with van der Waals surface area (Å²) in [5.41, 5.74) is 2.63. The number of methoxy groups -OCH3 is 2. The van der Waals surface area contributed by atoms with Gasteiger partial charge >= 0.3 is 0 Å². The van der Waals surface area contributed by atoms with Crippen molar-refractivity contribution in [2.24, 2.45) is 0 Å². The summed E-state index contributed by atoms with van der Waals surface area (Å²) in [5, 5.41) is 7.07. The van der Waals surface area contributed by atoms with Gasteiger partial charge in [0.05, 0.1) is 29.5 Å². The summed E-state index contributed by atoms with van der Waals surface area (Å²) in [6.07, 6.45) is 0.616. The summed E-state index contributed by atoms with van der Waals surface area (Å²) in [6, 6.07) is 19.9. The van der Waals surface area contributed by atoms with E-state index in [2.05, 4.69) is 5.32 Å². The second-order valence-electron chi connectivity index (χ2n) is 9.59. The zero-order valence-electron chi connectivity index (χ0n) is 23.2. The Labute approximate surface area is 246 Å². The molecular weight excluding hydrogens is 562 g/mol. The predicted molar refractivity (Wildman–Crippen MR) is 158 cm³/mol. The molecule has 1 N–H and O–H groups in total. The third kappa shape index (κ3) is 6.17. The Morgan fingerprint density at radius 3 is 2.52 bits per heavy atom. The van der Waals surface area contributed by atoms with Crippen LogP contribution in [-0.2, 0) is 14.3 Å². The average molecular weight is 593 g/mol. The van der Waals surface area contributed by atoms with Crippen LogP contribution in [0.3, 0.4) is 0 Å². The number of carbonyl (C=O) groups excluding carboxylic acids is 2. The molecule has 0 bridgehead atoms. The Morgan fingerprint density at radius 1 is 1.07 bits per heavy atom. The van der Waals surface area contributed by atoms with E-state index in [0.717, 1.165) is 11.6 Å². The number of rotatable bonds is 10. The molecule has 8 nitrogen and oxygen atoms in total. The quantitative estimate of drug-likeness (QED) is 0.257. The Bertz CT molecular complexity index is 1560. The second kappa shape index (κ2) is 13.2. The Kier molecular flexibility index (Phi) is 9.19. The van der Waals surface area contributed by atoms with Gasteiger partial charge in [-0.25, -0.2) is 13.5 Å². The standard InChI is InChI=1S/C31H30F2N4O4S/c1-40-16-6-15-34-26(38)18-36-27(39)19-42-30(24-14-9-21(32)17-25(24)33)28-29(20-7-4-3-5-8-20)35-37(31(28)36)22-10-12-23(41-2)13-11-22/h3-5,7-14,17,30H,6,15-16,18-19H2,1-2H3,(H,34,38)/t30-/m0/s1. The van der Waals surface area contributed by atoms with Gasteiger partial charge in [-0.1, -0.05) is 36.4 Å². The Morgan fingerprint density at radius 2 is 1.83 bits per heavy atom. The topological polar surface area (TPSA) is 85.7 Å². The fourth-order valence-electron chi connectivity index (χ4n) is 4.84. The number of nitrogens with zero attached hydrogens (tertiary/aromatic N) is 3. The summed E-state index contributed by atoms with van der Waals surface area (Å²) in [5.74, 6) is -1.19. The molecule has 2 amide bonds. The molecule has 5 rings (SSSR count). The van der Waals surface area contributed by atoms with Crippen LogP contribution in [0, 0.1) is 11.6 Å². The van der Waals surface area contributed by atoms with Gasteiger partial charge in [-0.05, 0) is 36.8 Å². The number of ether oxygens (including phenoxy) is 2. The number of thioether (sulfide) groups is 1. The maximum Gasteiger partial charge on any atom is 0.240 e. The first-order chi connectivity index (χ1) is 20.4. The van der Waals surface area contributed by atoms with Crippen molar-refractivity contribution in [1.82, 2.24) is 15.1 Å². The maximum absolute atomic E-state index is 15.3. The third-order valence-corrected chi connectivity index (χ3v) is 8.08. The number of amides is 2. The SMILES string of the molecule is COCCCNC(=O)CN1C(=O)CS[C@@H](c2ccc(F)cc2F)c2c(-c3ccccc3)nn(-c3ccc(OC)cc3)c21. The highest BCUT2D eigenvalue weighted by molar-refractivity contribution is 8.00. The van der Waals surface area contributed by atoms with E-state index in [-0.39, 0.29) is 29.7 Å². The van der Waals surface area contributed by atoms with E-state index in [4.69, 9.17) is 14.6 Å². The summed E-state index contributed by atoms with van der Waals surface area (Å²) >= 11 is 1.21. The molecule has 42 heavy (non-hydrogen) atoms. The van der Waals surface area contributed by atoms with Crippen molar-refractivity contribution >= 4 is 29.4 Å². The van der Waals surface area contributed by atoms with E-state index in [1.807, 2.05) is 30.3 Å². The van der Waals surface area contributed by atoms with Gasteiger partial charge in [0.25, 0.3) is 0 Å². The van der Waals surface area contributed by atoms with Crippen molar-refractivity contribution in [2.45, 2.75) is 11.7 Å². The molecule has 0 radical (unpaired) electrons. The van der Waals surface area contributed by atoms with E-state index in [1.165, 1.54) is 28.8 Å². The largest absolute Gasteiger partial charge is 0.497 e. The number of anilines is 1. The minimum absolute atomic E-state index is 0.0377. The fourth-order valence-corrected chi connectivity index (χ4v) is 6.05. The molecule has 1 aromatic heterocycles. The van der Waals surface area contributed by atoms with Crippen molar-refractivity contribution in [3.63, 3.8) is 0 Å². The van der Waals surface area contributed by atoms with E-state index in [1.54, 1.807) is 43.2 Å². The molecule has 1 aliphatic rings. The Hall–Kier alpha value is -4.22. The van der Waals surface area contributed by atoms with E-state index in [9.17, 15) is 14.0 Å². The van der Waals surface area contributed by atoms with Crippen LogP contribution >= 0.6 is 11.8 Å². The molecule has 11 heteroatoms. The zero-order valence-corrected chi connectivity index (χ0v) is 24.0. The summed E-state index contributed by atoms with van der Waals surface area (Å²) in [6.45, 7) is 0.597. The molecule has 1 atom stereocenters. The molecule has 4 aromatic rings. The van der Waals surface area contributed by atoms with Gasteiger partial charge in [0.2, 0.25) is 11.8 Å². The van der Waals surface area contributed by atoms with Gasteiger partial charge in [-0.15, -0.1) is 11.8 Å². The van der Waals surface area contributed by atoms with Gasteiger partial charge in [-0.3, -0.25) is 14.5 Å². The highest BCUT2D eigenvalue weighted by Crippen LogP contribution is 2.49. The van der Waals surface area contributed by atoms with Crippen LogP contribution in [0.4, 0.5) is 14.6 Å². The first-order valence-electron chi connectivity index (χ1n) is 13.4. The zero-order chi connectivity index (χ0) is 29.6. The van der Waals surface area contributed by atoms with E-state index >= 15 is 4.39 Å². The lowest BCUT2D eigenvalue weighted by Gasteiger charge is -2.23. The van der Waals surface area contributed by atoms with Crippen molar-refractivity contribution in [3.8, 4) is 22.7 Å². The number of fused-ring (bicyclic) bond motifs is 1. The highest BCUT2D eigenvalue weighted by Gasteiger charge is 2.38. The molecule has 3 aromatic carbocycles. The van der Waals surface area contributed by atoms with Crippen molar-refractivity contribution in [3.05, 3.63) is 95.6 Å². The number of hydrogen-bond acceptors (Lipinski definition) is 6. The summed E-state index contributed by atoms with van der Waals surface area (Å²) < 4.78 is 41.3. The highest BCUT2D eigenvalue weighted by atomic mass is 32.2. The third-order valence-electron chi connectivity index (χ3n) is 6.85. The number of hydrogen-bond donors (Lipinski definition) is 1. The minimum Gasteiger partial charge on any atom is -0.497 e. The van der Waals surface area contributed by atoms with Crippen molar-refractivity contribution in [2.75, 3.05) is 44.6 Å². The van der Waals surface area contributed by atoms with Crippen LogP contribution in [0.5, 0.6) is 5.75 Å². The second-order valence-corrected chi connectivity index (χ2v) is 10.7. The number of carbonyl (C=O) groups is 2. The molecule has 0 fully saturated rings. The summed E-state index contributed by atoms with van der Waals surface area (Å²) in [7, 11) is 3.15. The van der Waals surface area contributed by atoms with Crippen LogP contribution in [0.15, 0.2) is 72.8 Å². The summed E-state index contributed by atoms with van der Waals surface area (Å²) in [4.78, 5) is 28.2. The number of benzene rings is 3. The fraction of sp³-hybridized carbons (Fsp3) is 0.258. The Balaban J connectivity index is 1.72. The van der Waals surface area contributed by atoms with Gasteiger partial charge < -0.3 is 14.8 Å². The van der Waals surface area contributed by atoms with E-state index in [0.29, 0.717) is 48.1 Å². The average Bonchev–Trinajstić information content (AvgIpc) is 3.33. The van der Waals surface area contributed by atoms with Gasteiger partial charge in [0.1, 0.15) is 29.7 Å². The lowest BCUT2D eigenvalue weighted by atomic mass is 9.99. The number of nitrogens with one attached hydrogen (secondary N) is 1. The molecule has 1 aliphatic heterocycles. The lowest BCUT2D eigenvalue weighted by Crippen LogP contribution is -2.42. The van der Waals surface area contributed by atoms with Crippen LogP contribution < -0.4 is 15.0 Å². The molecular formula is C31H30F2N4O4S. The molecule has 0 aliphatic carbocycles. The molecule has 0 spiro atoms. The first kappa shape index (κ1) is 29.3. The van der Waals surface area contributed by atoms with Crippen LogP contribution in [0.25, 0.3) is 16.9 Å². The smallest absolute Gasteiger partial charge is 0.240 e. The molecule has 0 unspecified atom stereocenters. The maximum atomic E-state index is 15.3. The minimum atomic E-state index is -0.730.